The molecule has 0 aliphatic carbocycles. The van der Waals surface area contributed by atoms with Crippen LogP contribution in [0.5, 0.6) is 5.75 Å². The minimum atomic E-state index is -0.344. The zero-order valence-corrected chi connectivity index (χ0v) is 16.4. The van der Waals surface area contributed by atoms with E-state index in [1.54, 1.807) is 0 Å². The van der Waals surface area contributed by atoms with Crippen LogP contribution in [0, 0.1) is 0 Å². The number of rotatable bonds is 6. The SMILES string of the molecule is O=C1NC(=O)C(Cc2ccc(OCC3CN3c3ccc4ccccc4n3)cc2)S1. The molecular weight excluding hydrogens is 386 g/mol. The summed E-state index contributed by atoms with van der Waals surface area (Å²) in [5.41, 5.74) is 2.01. The molecule has 2 fully saturated rings. The Morgan fingerprint density at radius 2 is 1.90 bits per heavy atom. The molecule has 0 radical (unpaired) electrons. The number of imide groups is 1. The Morgan fingerprint density at radius 1 is 1.07 bits per heavy atom. The summed E-state index contributed by atoms with van der Waals surface area (Å²) < 4.78 is 5.92. The number of nitrogens with one attached hydrogen (secondary N) is 1. The van der Waals surface area contributed by atoms with Crippen molar-refractivity contribution >= 4 is 39.6 Å². The maximum Gasteiger partial charge on any atom is 0.286 e. The van der Waals surface area contributed by atoms with E-state index in [1.807, 2.05) is 42.5 Å². The number of fused-ring (bicyclic) bond motifs is 1. The van der Waals surface area contributed by atoms with Crippen molar-refractivity contribution in [3.63, 3.8) is 0 Å². The topological polar surface area (TPSA) is 71.3 Å². The minimum absolute atomic E-state index is 0.212. The average Bonchev–Trinajstić information content (AvgIpc) is 3.45. The number of nitrogens with zero attached hydrogens (tertiary/aromatic N) is 2. The number of benzene rings is 2. The summed E-state index contributed by atoms with van der Waals surface area (Å²) in [5.74, 6) is 1.57. The van der Waals surface area contributed by atoms with Crippen LogP contribution in [0.1, 0.15) is 5.56 Å². The summed E-state index contributed by atoms with van der Waals surface area (Å²) in [4.78, 5) is 29.9. The molecule has 1 aromatic heterocycles. The highest BCUT2D eigenvalue weighted by Gasteiger charge is 2.36. The van der Waals surface area contributed by atoms with Crippen molar-refractivity contribution in [1.82, 2.24) is 10.3 Å². The molecule has 0 bridgehead atoms. The van der Waals surface area contributed by atoms with Gasteiger partial charge in [0.25, 0.3) is 5.24 Å². The molecule has 2 amide bonds. The van der Waals surface area contributed by atoms with Crippen LogP contribution in [0.25, 0.3) is 10.9 Å². The lowest BCUT2D eigenvalue weighted by atomic mass is 10.1. The zero-order valence-electron chi connectivity index (χ0n) is 15.6. The zero-order chi connectivity index (χ0) is 19.8. The number of hydrogen-bond donors (Lipinski definition) is 1. The summed E-state index contributed by atoms with van der Waals surface area (Å²) in [7, 11) is 0. The second-order valence-electron chi connectivity index (χ2n) is 7.21. The van der Waals surface area contributed by atoms with Gasteiger partial charge >= 0.3 is 0 Å². The molecular formula is C22H19N3O3S. The largest absolute Gasteiger partial charge is 0.491 e. The van der Waals surface area contributed by atoms with Gasteiger partial charge in [0.15, 0.2) is 0 Å². The number of anilines is 1. The first kappa shape index (κ1) is 18.0. The van der Waals surface area contributed by atoms with Crippen molar-refractivity contribution < 1.29 is 14.3 Å². The predicted molar refractivity (Wildman–Crippen MR) is 113 cm³/mol. The van der Waals surface area contributed by atoms with E-state index in [0.29, 0.717) is 19.1 Å². The van der Waals surface area contributed by atoms with E-state index in [9.17, 15) is 9.59 Å². The Morgan fingerprint density at radius 3 is 2.69 bits per heavy atom. The van der Waals surface area contributed by atoms with Gasteiger partial charge < -0.3 is 9.64 Å². The molecule has 3 heterocycles. The standard InChI is InChI=1S/C22H19N3O3S/c26-21-19(29-22(27)24-21)11-14-5-8-17(9-6-14)28-13-16-12-25(16)20-10-7-15-3-1-2-4-18(15)23-20/h1-10,16,19H,11-13H2,(H,24,26,27). The fourth-order valence-corrected chi connectivity index (χ4v) is 4.33. The predicted octanol–water partition coefficient (Wildman–Crippen LogP) is 3.40. The summed E-state index contributed by atoms with van der Waals surface area (Å²) in [6.07, 6.45) is 0.534. The molecule has 7 heteroatoms. The Balaban J connectivity index is 1.15. The van der Waals surface area contributed by atoms with E-state index in [2.05, 4.69) is 28.4 Å². The lowest BCUT2D eigenvalue weighted by Gasteiger charge is -2.09. The summed E-state index contributed by atoms with van der Waals surface area (Å²) in [6.45, 7) is 1.54. The lowest BCUT2D eigenvalue weighted by Crippen LogP contribution is -2.25. The average molecular weight is 405 g/mol. The van der Waals surface area contributed by atoms with Crippen molar-refractivity contribution in [2.24, 2.45) is 0 Å². The van der Waals surface area contributed by atoms with E-state index in [1.165, 1.54) is 0 Å². The van der Waals surface area contributed by atoms with Gasteiger partial charge in [0.05, 0.1) is 16.8 Å². The summed E-state index contributed by atoms with van der Waals surface area (Å²) >= 11 is 1.05. The van der Waals surface area contributed by atoms with Gasteiger partial charge in [-0.3, -0.25) is 14.9 Å². The second-order valence-corrected chi connectivity index (χ2v) is 8.39. The first-order valence-corrected chi connectivity index (χ1v) is 10.4. The quantitative estimate of drug-likeness (QED) is 0.634. The van der Waals surface area contributed by atoms with Crippen molar-refractivity contribution in [2.45, 2.75) is 17.7 Å². The Bertz CT molecular complexity index is 1090. The monoisotopic (exact) mass is 405 g/mol. The van der Waals surface area contributed by atoms with E-state index in [-0.39, 0.29) is 16.4 Å². The minimum Gasteiger partial charge on any atom is -0.491 e. The molecule has 146 valence electrons. The fraction of sp³-hybridized carbons (Fsp3) is 0.227. The lowest BCUT2D eigenvalue weighted by molar-refractivity contribution is -0.118. The van der Waals surface area contributed by atoms with Crippen LogP contribution in [-0.4, -0.2) is 40.6 Å². The van der Waals surface area contributed by atoms with Crippen LogP contribution in [0.15, 0.2) is 60.7 Å². The third-order valence-electron chi connectivity index (χ3n) is 5.15. The van der Waals surface area contributed by atoms with Crippen molar-refractivity contribution in [1.29, 1.82) is 0 Å². The summed E-state index contributed by atoms with van der Waals surface area (Å²) in [5, 5.41) is 2.85. The van der Waals surface area contributed by atoms with Gasteiger partial charge in [-0.25, -0.2) is 4.98 Å². The number of hydrogen-bond acceptors (Lipinski definition) is 6. The molecule has 0 saturated carbocycles. The Kier molecular flexibility index (Phi) is 4.60. The van der Waals surface area contributed by atoms with Gasteiger partial charge in [0, 0.05) is 11.9 Å². The van der Waals surface area contributed by atoms with Gasteiger partial charge in [0.1, 0.15) is 18.2 Å². The second kappa shape index (κ2) is 7.40. The number of carbonyl (C=O) groups excluding carboxylic acids is 2. The van der Waals surface area contributed by atoms with Crippen LogP contribution >= 0.6 is 11.8 Å². The van der Waals surface area contributed by atoms with E-state index >= 15 is 0 Å². The smallest absolute Gasteiger partial charge is 0.286 e. The maximum absolute atomic E-state index is 11.7. The van der Waals surface area contributed by atoms with Gasteiger partial charge in [-0.2, -0.15) is 0 Å². The maximum atomic E-state index is 11.7. The molecule has 2 aliphatic rings. The van der Waals surface area contributed by atoms with Crippen LogP contribution < -0.4 is 15.0 Å². The van der Waals surface area contributed by atoms with E-state index < -0.39 is 0 Å². The molecule has 2 saturated heterocycles. The number of thioether (sulfide) groups is 1. The first-order chi connectivity index (χ1) is 14.2. The Labute approximate surface area is 172 Å². The molecule has 1 N–H and O–H groups in total. The van der Waals surface area contributed by atoms with Crippen LogP contribution in [0.3, 0.4) is 0 Å². The molecule has 0 spiro atoms. The number of para-hydroxylation sites is 1. The van der Waals surface area contributed by atoms with Crippen LogP contribution in [-0.2, 0) is 11.2 Å². The molecule has 2 unspecified atom stereocenters. The molecule has 2 atom stereocenters. The molecule has 29 heavy (non-hydrogen) atoms. The third-order valence-corrected chi connectivity index (χ3v) is 6.13. The van der Waals surface area contributed by atoms with E-state index in [4.69, 9.17) is 9.72 Å². The first-order valence-electron chi connectivity index (χ1n) is 9.51. The number of ether oxygens (including phenoxy) is 1. The highest BCUT2D eigenvalue weighted by atomic mass is 32.2. The number of pyridine rings is 1. The normalized spacial score (nSPS) is 20.8. The van der Waals surface area contributed by atoms with Gasteiger partial charge in [0.2, 0.25) is 5.91 Å². The molecule has 2 aliphatic heterocycles. The fourth-order valence-electron chi connectivity index (χ4n) is 3.47. The number of aromatic nitrogens is 1. The van der Waals surface area contributed by atoms with Crippen molar-refractivity contribution in [2.75, 3.05) is 18.1 Å². The van der Waals surface area contributed by atoms with Gasteiger partial charge in [-0.1, -0.05) is 42.1 Å². The molecule has 5 rings (SSSR count). The molecule has 2 aromatic carbocycles. The molecule has 3 aromatic rings. The van der Waals surface area contributed by atoms with Crippen LogP contribution in [0.4, 0.5) is 10.6 Å². The van der Waals surface area contributed by atoms with E-state index in [0.717, 1.165) is 46.3 Å². The van der Waals surface area contributed by atoms with Crippen molar-refractivity contribution in [3.8, 4) is 5.75 Å². The number of carbonyl (C=O) groups is 2. The summed E-state index contributed by atoms with van der Waals surface area (Å²) in [6, 6.07) is 20.3. The number of amides is 2. The van der Waals surface area contributed by atoms with Crippen molar-refractivity contribution in [3.05, 3.63) is 66.2 Å². The third kappa shape index (κ3) is 3.91. The highest BCUT2D eigenvalue weighted by molar-refractivity contribution is 8.15. The molecule has 6 nitrogen and oxygen atoms in total. The van der Waals surface area contributed by atoms with Gasteiger partial charge in [-0.05, 0) is 42.3 Å². The van der Waals surface area contributed by atoms with Crippen LogP contribution in [0.2, 0.25) is 0 Å². The Hall–Kier alpha value is -3.06. The highest BCUT2D eigenvalue weighted by Crippen LogP contribution is 2.29. The van der Waals surface area contributed by atoms with Gasteiger partial charge in [-0.15, -0.1) is 0 Å².